The lowest BCUT2D eigenvalue weighted by atomic mass is 9.93. The summed E-state index contributed by atoms with van der Waals surface area (Å²) in [7, 11) is 1.56. The predicted molar refractivity (Wildman–Crippen MR) is 95.1 cm³/mol. The summed E-state index contributed by atoms with van der Waals surface area (Å²) >= 11 is 0. The van der Waals surface area contributed by atoms with E-state index in [2.05, 4.69) is 0 Å². The van der Waals surface area contributed by atoms with E-state index in [-0.39, 0.29) is 17.3 Å². The maximum atomic E-state index is 12.9. The second-order valence-electron chi connectivity index (χ2n) is 5.71. The fourth-order valence-electron chi connectivity index (χ4n) is 3.05. The van der Waals surface area contributed by atoms with Crippen LogP contribution in [0.3, 0.4) is 0 Å². The quantitative estimate of drug-likeness (QED) is 0.809. The number of methoxy groups -OCH3 is 1. The minimum Gasteiger partial charge on any atom is -0.497 e. The molecule has 0 saturated carbocycles. The van der Waals surface area contributed by atoms with Crippen molar-refractivity contribution in [3.63, 3.8) is 0 Å². The fraction of sp³-hybridized carbons (Fsp3) is 0.150. The molecule has 0 N–H and O–H groups in total. The summed E-state index contributed by atoms with van der Waals surface area (Å²) in [6, 6.07) is 13.9. The van der Waals surface area contributed by atoms with Gasteiger partial charge in [-0.05, 0) is 30.7 Å². The van der Waals surface area contributed by atoms with Gasteiger partial charge in [0.15, 0.2) is 5.78 Å². The standard InChI is InChI=1S/C20H17NO4/c1-12(22)18(14-8-10-15(25-3)11-9-14)19-16-6-4-5-7-17(16)21(13(2)23)20(19)24/h4-11H,1-3H3. The van der Waals surface area contributed by atoms with Gasteiger partial charge in [-0.15, -0.1) is 0 Å². The summed E-state index contributed by atoms with van der Waals surface area (Å²) in [6.45, 7) is 2.75. The monoisotopic (exact) mass is 335 g/mol. The van der Waals surface area contributed by atoms with E-state index in [1.54, 1.807) is 55.6 Å². The van der Waals surface area contributed by atoms with E-state index in [0.717, 1.165) is 4.90 Å². The zero-order valence-corrected chi connectivity index (χ0v) is 14.2. The van der Waals surface area contributed by atoms with Crippen molar-refractivity contribution in [1.29, 1.82) is 0 Å². The first-order valence-electron chi connectivity index (χ1n) is 7.79. The highest BCUT2D eigenvalue weighted by molar-refractivity contribution is 6.49. The van der Waals surface area contributed by atoms with Crippen molar-refractivity contribution in [2.45, 2.75) is 13.8 Å². The van der Waals surface area contributed by atoms with Gasteiger partial charge in [0, 0.05) is 18.1 Å². The molecular formula is C20H17NO4. The first-order chi connectivity index (χ1) is 12.0. The van der Waals surface area contributed by atoms with Crippen LogP contribution in [0.15, 0.2) is 48.5 Å². The lowest BCUT2D eigenvalue weighted by molar-refractivity contribution is -0.122. The number of fused-ring (bicyclic) bond motifs is 1. The highest BCUT2D eigenvalue weighted by Gasteiger charge is 2.37. The van der Waals surface area contributed by atoms with Gasteiger partial charge in [0.25, 0.3) is 5.91 Å². The van der Waals surface area contributed by atoms with Gasteiger partial charge < -0.3 is 4.74 Å². The number of carbonyl (C=O) groups excluding carboxylic acids is 3. The second kappa shape index (κ2) is 6.36. The third kappa shape index (κ3) is 2.74. The minimum atomic E-state index is -0.477. The Morgan fingerprint density at radius 2 is 1.60 bits per heavy atom. The molecule has 1 aliphatic rings. The van der Waals surface area contributed by atoms with Crippen molar-refractivity contribution in [2.24, 2.45) is 0 Å². The van der Waals surface area contributed by atoms with Crippen LogP contribution < -0.4 is 9.64 Å². The molecular weight excluding hydrogens is 318 g/mol. The van der Waals surface area contributed by atoms with Crippen LogP contribution in [-0.4, -0.2) is 24.7 Å². The van der Waals surface area contributed by atoms with E-state index in [4.69, 9.17) is 4.74 Å². The molecule has 5 nitrogen and oxygen atoms in total. The van der Waals surface area contributed by atoms with Gasteiger partial charge in [0.1, 0.15) is 5.75 Å². The Hall–Kier alpha value is -3.21. The molecule has 0 radical (unpaired) electrons. The summed E-state index contributed by atoms with van der Waals surface area (Å²) in [5.41, 5.74) is 2.25. The average Bonchev–Trinajstić information content (AvgIpc) is 2.88. The normalized spacial score (nSPS) is 15.0. The lowest BCUT2D eigenvalue weighted by Gasteiger charge is -2.12. The Morgan fingerprint density at radius 3 is 2.16 bits per heavy atom. The molecule has 0 atom stereocenters. The number of ketones is 1. The number of rotatable bonds is 3. The number of amides is 2. The number of imide groups is 1. The van der Waals surface area contributed by atoms with Gasteiger partial charge in [-0.3, -0.25) is 14.4 Å². The molecule has 25 heavy (non-hydrogen) atoms. The molecule has 2 aromatic rings. The first-order valence-corrected chi connectivity index (χ1v) is 7.79. The largest absolute Gasteiger partial charge is 0.497 e. The highest BCUT2D eigenvalue weighted by atomic mass is 16.5. The molecule has 126 valence electrons. The van der Waals surface area contributed by atoms with Gasteiger partial charge in [-0.1, -0.05) is 30.3 Å². The number of allylic oxidation sites excluding steroid dienone is 1. The molecule has 2 aromatic carbocycles. The van der Waals surface area contributed by atoms with Gasteiger partial charge in [0.05, 0.1) is 18.4 Å². The van der Waals surface area contributed by atoms with Crippen LogP contribution in [0, 0.1) is 0 Å². The molecule has 3 rings (SSSR count). The minimum absolute atomic E-state index is 0.242. The zero-order valence-electron chi connectivity index (χ0n) is 14.2. The molecule has 0 spiro atoms. The number of hydrogen-bond acceptors (Lipinski definition) is 4. The summed E-state index contributed by atoms with van der Waals surface area (Å²) in [5, 5.41) is 0. The molecule has 5 heteroatoms. The maximum absolute atomic E-state index is 12.9. The van der Waals surface area contributed by atoms with E-state index < -0.39 is 5.91 Å². The summed E-state index contributed by atoms with van der Waals surface area (Å²) in [6.07, 6.45) is 0. The Balaban J connectivity index is 2.29. The molecule has 0 bridgehead atoms. The topological polar surface area (TPSA) is 63.7 Å². The Labute approximate surface area is 145 Å². The maximum Gasteiger partial charge on any atom is 0.266 e. The van der Waals surface area contributed by atoms with Crippen LogP contribution in [0.1, 0.15) is 25.0 Å². The van der Waals surface area contributed by atoms with Crippen molar-refractivity contribution in [2.75, 3.05) is 12.0 Å². The number of carbonyl (C=O) groups is 3. The summed E-state index contributed by atoms with van der Waals surface area (Å²) in [5.74, 6) is -0.450. The number of Topliss-reactive ketones (excluding diaryl/α,β-unsaturated/α-hetero) is 1. The highest BCUT2D eigenvalue weighted by Crippen LogP contribution is 2.41. The van der Waals surface area contributed by atoms with Crippen LogP contribution in [0.5, 0.6) is 5.75 Å². The van der Waals surface area contributed by atoms with Gasteiger partial charge >= 0.3 is 0 Å². The van der Waals surface area contributed by atoms with Crippen LogP contribution in [0.25, 0.3) is 11.1 Å². The van der Waals surface area contributed by atoms with E-state index in [9.17, 15) is 14.4 Å². The van der Waals surface area contributed by atoms with Crippen molar-refractivity contribution < 1.29 is 19.1 Å². The average molecular weight is 335 g/mol. The number of para-hydroxylation sites is 1. The van der Waals surface area contributed by atoms with Crippen LogP contribution in [-0.2, 0) is 14.4 Å². The number of ether oxygens (including phenoxy) is 1. The van der Waals surface area contributed by atoms with E-state index in [1.807, 2.05) is 0 Å². The smallest absolute Gasteiger partial charge is 0.266 e. The van der Waals surface area contributed by atoms with E-state index in [0.29, 0.717) is 28.1 Å². The van der Waals surface area contributed by atoms with Gasteiger partial charge in [-0.25, -0.2) is 4.90 Å². The number of nitrogens with zero attached hydrogens (tertiary/aromatic N) is 1. The molecule has 0 saturated heterocycles. The van der Waals surface area contributed by atoms with Crippen molar-refractivity contribution in [1.82, 2.24) is 0 Å². The number of benzene rings is 2. The summed E-state index contributed by atoms with van der Waals surface area (Å²) in [4.78, 5) is 38.4. The SMILES string of the molecule is COc1ccc(C(C(C)=O)=C2C(=O)N(C(C)=O)c3ccccc32)cc1. The second-order valence-corrected chi connectivity index (χ2v) is 5.71. The Kier molecular flexibility index (Phi) is 4.23. The number of anilines is 1. The molecule has 2 amide bonds. The zero-order chi connectivity index (χ0) is 18.1. The van der Waals surface area contributed by atoms with E-state index in [1.165, 1.54) is 13.8 Å². The van der Waals surface area contributed by atoms with Crippen LogP contribution >= 0.6 is 0 Å². The first kappa shape index (κ1) is 16.6. The van der Waals surface area contributed by atoms with Crippen LogP contribution in [0.2, 0.25) is 0 Å². The molecule has 0 aromatic heterocycles. The molecule has 0 unspecified atom stereocenters. The molecule has 0 fully saturated rings. The third-order valence-electron chi connectivity index (χ3n) is 4.13. The third-order valence-corrected chi connectivity index (χ3v) is 4.13. The van der Waals surface area contributed by atoms with Gasteiger partial charge in [0.2, 0.25) is 5.91 Å². The van der Waals surface area contributed by atoms with E-state index >= 15 is 0 Å². The van der Waals surface area contributed by atoms with Crippen molar-refractivity contribution in [3.05, 3.63) is 59.7 Å². The summed E-state index contributed by atoms with van der Waals surface area (Å²) < 4.78 is 5.14. The molecule has 1 aliphatic heterocycles. The number of hydrogen-bond donors (Lipinski definition) is 0. The van der Waals surface area contributed by atoms with Crippen molar-refractivity contribution in [3.8, 4) is 5.75 Å². The molecule has 1 heterocycles. The molecule has 0 aliphatic carbocycles. The fourth-order valence-corrected chi connectivity index (χ4v) is 3.05. The Morgan fingerprint density at radius 1 is 0.960 bits per heavy atom. The van der Waals surface area contributed by atoms with Crippen LogP contribution in [0.4, 0.5) is 5.69 Å². The Bertz CT molecular complexity index is 910. The van der Waals surface area contributed by atoms with Gasteiger partial charge in [-0.2, -0.15) is 0 Å². The van der Waals surface area contributed by atoms with Crippen molar-refractivity contribution >= 4 is 34.4 Å². The lowest BCUT2D eigenvalue weighted by Crippen LogP contribution is -2.31. The predicted octanol–water partition coefficient (Wildman–Crippen LogP) is 3.09.